The minimum absolute atomic E-state index is 0.420. The first-order chi connectivity index (χ1) is 10.1. The van der Waals surface area contributed by atoms with Gasteiger partial charge in [0.2, 0.25) is 0 Å². The lowest BCUT2D eigenvalue weighted by atomic mass is 9.78. The highest BCUT2D eigenvalue weighted by Crippen LogP contribution is 2.43. The van der Waals surface area contributed by atoms with Crippen molar-refractivity contribution in [3.05, 3.63) is 34.9 Å². The van der Waals surface area contributed by atoms with E-state index < -0.39 is 0 Å². The Morgan fingerprint density at radius 3 is 3.00 bits per heavy atom. The number of nitrogens with zero attached hydrogens (tertiary/aromatic N) is 2. The molecule has 2 aliphatic rings. The fourth-order valence-electron chi connectivity index (χ4n) is 4.21. The molecule has 2 atom stereocenters. The topological polar surface area (TPSA) is 15.7 Å². The average Bonchev–Trinajstić information content (AvgIpc) is 2.95. The lowest BCUT2D eigenvalue weighted by Gasteiger charge is -2.30. The second-order valence-electron chi connectivity index (χ2n) is 6.80. The standard InChI is InChI=1S/C17H25ClN2O/c1-19-10-15(11-21-2)17(12-19)6-7-20(13-17)9-14-4-3-5-16(18)8-14/h3-5,8,15H,6-7,9-13H2,1-2H3/t15-,17+/m0/s1. The molecule has 116 valence electrons. The van der Waals surface area contributed by atoms with Gasteiger partial charge in [-0.05, 0) is 37.7 Å². The molecule has 1 aromatic rings. The third kappa shape index (κ3) is 3.26. The molecule has 0 saturated carbocycles. The SMILES string of the molecule is COC[C@@H]1CN(C)C[C@@]12CCN(Cc1cccc(Cl)c1)C2. The molecule has 0 amide bonds. The second-order valence-corrected chi connectivity index (χ2v) is 7.24. The summed E-state index contributed by atoms with van der Waals surface area (Å²) in [6, 6.07) is 8.24. The van der Waals surface area contributed by atoms with Crippen molar-refractivity contribution >= 4 is 11.6 Å². The molecule has 0 N–H and O–H groups in total. The van der Waals surface area contributed by atoms with Gasteiger partial charge in [0.15, 0.2) is 0 Å². The molecular weight excluding hydrogens is 284 g/mol. The van der Waals surface area contributed by atoms with Gasteiger partial charge in [0, 0.05) is 49.6 Å². The second kappa shape index (κ2) is 6.25. The Hall–Kier alpha value is -0.610. The quantitative estimate of drug-likeness (QED) is 0.850. The van der Waals surface area contributed by atoms with E-state index in [1.165, 1.54) is 38.2 Å². The summed E-state index contributed by atoms with van der Waals surface area (Å²) in [6.07, 6.45) is 1.28. The van der Waals surface area contributed by atoms with Crippen molar-refractivity contribution in [1.82, 2.24) is 9.80 Å². The smallest absolute Gasteiger partial charge is 0.0509 e. The molecule has 0 aliphatic carbocycles. The normalized spacial score (nSPS) is 30.5. The minimum atomic E-state index is 0.420. The van der Waals surface area contributed by atoms with Crippen molar-refractivity contribution in [2.75, 3.05) is 46.9 Å². The molecule has 4 heteroatoms. The number of ether oxygens (including phenoxy) is 1. The highest BCUT2D eigenvalue weighted by Gasteiger charge is 2.49. The van der Waals surface area contributed by atoms with Gasteiger partial charge >= 0.3 is 0 Å². The van der Waals surface area contributed by atoms with Crippen LogP contribution in [0.2, 0.25) is 5.02 Å². The van der Waals surface area contributed by atoms with E-state index >= 15 is 0 Å². The first kappa shape index (κ1) is 15.3. The van der Waals surface area contributed by atoms with E-state index in [9.17, 15) is 0 Å². The monoisotopic (exact) mass is 308 g/mol. The lowest BCUT2D eigenvalue weighted by molar-refractivity contribution is 0.0959. The average molecular weight is 309 g/mol. The van der Waals surface area contributed by atoms with E-state index in [1.807, 2.05) is 19.2 Å². The van der Waals surface area contributed by atoms with Crippen molar-refractivity contribution in [2.24, 2.45) is 11.3 Å². The molecule has 1 aromatic carbocycles. The molecule has 21 heavy (non-hydrogen) atoms. The number of methoxy groups -OCH3 is 1. The third-order valence-electron chi connectivity index (χ3n) is 5.11. The summed E-state index contributed by atoms with van der Waals surface area (Å²) in [5.74, 6) is 0.664. The molecule has 0 aromatic heterocycles. The number of rotatable bonds is 4. The van der Waals surface area contributed by atoms with Crippen molar-refractivity contribution in [3.8, 4) is 0 Å². The summed E-state index contributed by atoms with van der Waals surface area (Å²) in [6.45, 7) is 6.62. The zero-order chi connectivity index (χ0) is 14.9. The molecule has 2 heterocycles. The Kier molecular flexibility index (Phi) is 4.55. The molecule has 2 saturated heterocycles. The summed E-state index contributed by atoms with van der Waals surface area (Å²) in [4.78, 5) is 5.04. The van der Waals surface area contributed by atoms with Gasteiger partial charge in [-0.25, -0.2) is 0 Å². The van der Waals surface area contributed by atoms with Gasteiger partial charge in [-0.3, -0.25) is 4.90 Å². The van der Waals surface area contributed by atoms with Gasteiger partial charge in [0.25, 0.3) is 0 Å². The molecule has 0 radical (unpaired) electrons. The predicted octanol–water partition coefficient (Wildman–Crippen LogP) is 2.74. The van der Waals surface area contributed by atoms with Crippen LogP contribution >= 0.6 is 11.6 Å². The first-order valence-electron chi connectivity index (χ1n) is 7.76. The molecule has 0 unspecified atom stereocenters. The molecule has 3 nitrogen and oxygen atoms in total. The van der Waals surface area contributed by atoms with Crippen LogP contribution in [0.25, 0.3) is 0 Å². The number of likely N-dealkylation sites (tertiary alicyclic amines) is 2. The maximum absolute atomic E-state index is 6.09. The van der Waals surface area contributed by atoms with E-state index in [2.05, 4.69) is 29.0 Å². The van der Waals surface area contributed by atoms with E-state index in [-0.39, 0.29) is 0 Å². The predicted molar refractivity (Wildman–Crippen MR) is 86.6 cm³/mol. The maximum atomic E-state index is 6.09. The van der Waals surface area contributed by atoms with Crippen LogP contribution in [0.3, 0.4) is 0 Å². The molecule has 2 aliphatic heterocycles. The Bertz CT molecular complexity index is 495. The zero-order valence-corrected chi connectivity index (χ0v) is 13.8. The van der Waals surface area contributed by atoms with Crippen LogP contribution in [0.1, 0.15) is 12.0 Å². The van der Waals surface area contributed by atoms with Crippen molar-refractivity contribution in [3.63, 3.8) is 0 Å². The van der Waals surface area contributed by atoms with Crippen LogP contribution in [-0.2, 0) is 11.3 Å². The van der Waals surface area contributed by atoms with Crippen molar-refractivity contribution in [2.45, 2.75) is 13.0 Å². The van der Waals surface area contributed by atoms with Gasteiger partial charge in [-0.2, -0.15) is 0 Å². The number of hydrogen-bond acceptors (Lipinski definition) is 3. The van der Waals surface area contributed by atoms with Gasteiger partial charge in [-0.15, -0.1) is 0 Å². The first-order valence-corrected chi connectivity index (χ1v) is 8.13. The highest BCUT2D eigenvalue weighted by molar-refractivity contribution is 6.30. The molecule has 3 rings (SSSR count). The number of benzene rings is 1. The summed E-state index contributed by atoms with van der Waals surface area (Å²) >= 11 is 6.09. The largest absolute Gasteiger partial charge is 0.384 e. The molecule has 2 fully saturated rings. The van der Waals surface area contributed by atoms with Crippen LogP contribution < -0.4 is 0 Å². The van der Waals surface area contributed by atoms with Crippen LogP contribution in [0, 0.1) is 11.3 Å². The fourth-order valence-corrected chi connectivity index (χ4v) is 4.42. The van der Waals surface area contributed by atoms with E-state index in [0.717, 1.165) is 18.2 Å². The molecule has 0 bridgehead atoms. The number of hydrogen-bond donors (Lipinski definition) is 0. The fraction of sp³-hybridized carbons (Fsp3) is 0.647. The van der Waals surface area contributed by atoms with Crippen LogP contribution in [0.5, 0.6) is 0 Å². The van der Waals surface area contributed by atoms with Crippen molar-refractivity contribution < 1.29 is 4.74 Å². The zero-order valence-electron chi connectivity index (χ0n) is 13.0. The summed E-state index contributed by atoms with van der Waals surface area (Å²) in [5, 5.41) is 0.833. The number of halogens is 1. The Labute approximate surface area is 132 Å². The summed E-state index contributed by atoms with van der Waals surface area (Å²) in [5.41, 5.74) is 1.73. The Morgan fingerprint density at radius 1 is 1.38 bits per heavy atom. The summed E-state index contributed by atoms with van der Waals surface area (Å²) in [7, 11) is 4.06. The molecular formula is C17H25ClN2O. The van der Waals surface area contributed by atoms with Gasteiger partial charge in [0.1, 0.15) is 0 Å². The Balaban J connectivity index is 1.67. The lowest BCUT2D eigenvalue weighted by Crippen LogP contribution is -2.36. The molecule has 1 spiro atoms. The van der Waals surface area contributed by atoms with E-state index in [4.69, 9.17) is 16.3 Å². The van der Waals surface area contributed by atoms with Crippen LogP contribution in [0.15, 0.2) is 24.3 Å². The minimum Gasteiger partial charge on any atom is -0.384 e. The Morgan fingerprint density at radius 2 is 2.24 bits per heavy atom. The van der Waals surface area contributed by atoms with E-state index in [0.29, 0.717) is 11.3 Å². The van der Waals surface area contributed by atoms with Gasteiger partial charge in [0.05, 0.1) is 6.61 Å². The third-order valence-corrected chi connectivity index (χ3v) is 5.35. The summed E-state index contributed by atoms with van der Waals surface area (Å²) < 4.78 is 5.47. The maximum Gasteiger partial charge on any atom is 0.0509 e. The van der Waals surface area contributed by atoms with Crippen molar-refractivity contribution in [1.29, 1.82) is 0 Å². The van der Waals surface area contributed by atoms with Gasteiger partial charge in [-0.1, -0.05) is 23.7 Å². The van der Waals surface area contributed by atoms with Crippen LogP contribution in [-0.4, -0.2) is 56.7 Å². The highest BCUT2D eigenvalue weighted by atomic mass is 35.5. The van der Waals surface area contributed by atoms with E-state index in [1.54, 1.807) is 0 Å². The van der Waals surface area contributed by atoms with Gasteiger partial charge < -0.3 is 9.64 Å². The van der Waals surface area contributed by atoms with Crippen LogP contribution in [0.4, 0.5) is 0 Å².